The third kappa shape index (κ3) is 3.11. The molecular weight excluding hydrogens is 340 g/mol. The van der Waals surface area contributed by atoms with Crippen LogP contribution in [0.4, 0.5) is 0 Å². The Morgan fingerprint density at radius 1 is 0.615 bits per heavy atom. The molecule has 0 saturated carbocycles. The van der Waals surface area contributed by atoms with Crippen molar-refractivity contribution in [3.63, 3.8) is 0 Å². The first-order valence-electron chi connectivity index (χ1n) is 7.70. The number of rotatable bonds is 6. The molecule has 0 amide bonds. The van der Waals surface area contributed by atoms with Crippen LogP contribution >= 0.6 is 0 Å². The molecule has 7 nitrogen and oxygen atoms in total. The van der Waals surface area contributed by atoms with Crippen LogP contribution in [0.5, 0.6) is 23.0 Å². The van der Waals surface area contributed by atoms with E-state index in [2.05, 4.69) is 0 Å². The topological polar surface area (TPSA) is 80.3 Å². The Bertz CT molecular complexity index is 892. The Labute approximate surface area is 149 Å². The summed E-state index contributed by atoms with van der Waals surface area (Å²) in [6.07, 6.45) is 0. The van der Waals surface area contributed by atoms with Gasteiger partial charge in [0, 0.05) is 11.1 Å². The summed E-state index contributed by atoms with van der Waals surface area (Å²) in [5.41, 5.74) is 1.22. The quantitative estimate of drug-likeness (QED) is 0.666. The minimum atomic E-state index is -0.806. The second-order valence-corrected chi connectivity index (χ2v) is 5.25. The third-order valence-electron chi connectivity index (χ3n) is 3.87. The predicted octanol–water partition coefficient (Wildman–Crippen LogP) is 3.60. The van der Waals surface area contributed by atoms with Gasteiger partial charge in [-0.05, 0) is 36.4 Å². The standard InChI is InChI=1S/C19H18O7/c1-21-13-7-5-11(9-15(13)23-3)17-18(26-19(20)25-17)12-6-8-14(22-2)16(10-12)24-4/h5-10H,1-4H3. The van der Waals surface area contributed by atoms with Gasteiger partial charge in [0.25, 0.3) is 0 Å². The minimum absolute atomic E-state index is 0.281. The van der Waals surface area contributed by atoms with Crippen molar-refractivity contribution in [1.82, 2.24) is 0 Å². The summed E-state index contributed by atoms with van der Waals surface area (Å²) in [5, 5.41) is 0. The van der Waals surface area contributed by atoms with Gasteiger partial charge in [-0.15, -0.1) is 0 Å². The van der Waals surface area contributed by atoms with Crippen molar-refractivity contribution in [3.8, 4) is 45.6 Å². The van der Waals surface area contributed by atoms with Gasteiger partial charge < -0.3 is 27.8 Å². The van der Waals surface area contributed by atoms with Gasteiger partial charge >= 0.3 is 5.82 Å². The molecule has 0 bridgehead atoms. The lowest BCUT2D eigenvalue weighted by atomic mass is 10.1. The van der Waals surface area contributed by atoms with Crippen molar-refractivity contribution in [2.45, 2.75) is 0 Å². The van der Waals surface area contributed by atoms with Crippen LogP contribution in [0, 0.1) is 0 Å². The third-order valence-corrected chi connectivity index (χ3v) is 3.87. The summed E-state index contributed by atoms with van der Waals surface area (Å²) in [6, 6.07) is 10.4. The van der Waals surface area contributed by atoms with Gasteiger partial charge in [0.05, 0.1) is 28.4 Å². The molecule has 0 N–H and O–H groups in total. The first kappa shape index (κ1) is 17.5. The summed E-state index contributed by atoms with van der Waals surface area (Å²) in [6.45, 7) is 0. The van der Waals surface area contributed by atoms with Crippen LogP contribution < -0.4 is 24.8 Å². The Morgan fingerprint density at radius 2 is 1.00 bits per heavy atom. The molecule has 0 aliphatic heterocycles. The zero-order valence-corrected chi connectivity index (χ0v) is 14.8. The van der Waals surface area contributed by atoms with Gasteiger partial charge in [-0.1, -0.05) is 0 Å². The van der Waals surface area contributed by atoms with Crippen molar-refractivity contribution >= 4 is 0 Å². The summed E-state index contributed by atoms with van der Waals surface area (Å²) in [4.78, 5) is 11.8. The van der Waals surface area contributed by atoms with Gasteiger partial charge in [0.15, 0.2) is 34.5 Å². The van der Waals surface area contributed by atoms with E-state index in [0.29, 0.717) is 34.1 Å². The van der Waals surface area contributed by atoms with Gasteiger partial charge in [0.1, 0.15) is 0 Å². The molecular formula is C19H18O7. The molecule has 0 unspecified atom stereocenters. The molecule has 1 aromatic heterocycles. The van der Waals surface area contributed by atoms with Crippen LogP contribution in [0.25, 0.3) is 22.6 Å². The molecule has 0 spiro atoms. The Morgan fingerprint density at radius 3 is 1.35 bits per heavy atom. The fourth-order valence-corrected chi connectivity index (χ4v) is 2.62. The van der Waals surface area contributed by atoms with E-state index in [9.17, 15) is 4.79 Å². The Hall–Kier alpha value is -3.35. The van der Waals surface area contributed by atoms with Crippen LogP contribution in [0.15, 0.2) is 50.0 Å². The largest absolute Gasteiger partial charge is 0.519 e. The highest BCUT2D eigenvalue weighted by Gasteiger charge is 2.20. The zero-order chi connectivity index (χ0) is 18.7. The highest BCUT2D eigenvalue weighted by Crippen LogP contribution is 2.39. The van der Waals surface area contributed by atoms with Gasteiger partial charge in [-0.3, -0.25) is 0 Å². The van der Waals surface area contributed by atoms with Crippen LogP contribution in [0.3, 0.4) is 0 Å². The predicted molar refractivity (Wildman–Crippen MR) is 94.3 cm³/mol. The maximum atomic E-state index is 11.8. The van der Waals surface area contributed by atoms with Gasteiger partial charge in [-0.25, -0.2) is 4.79 Å². The van der Waals surface area contributed by atoms with E-state index in [1.54, 1.807) is 50.6 Å². The second kappa shape index (κ2) is 7.26. The molecule has 0 aliphatic rings. The maximum Gasteiger partial charge on any atom is 0.519 e. The Kier molecular flexibility index (Phi) is 4.88. The normalized spacial score (nSPS) is 10.5. The zero-order valence-electron chi connectivity index (χ0n) is 14.8. The molecule has 0 radical (unpaired) electrons. The van der Waals surface area contributed by atoms with E-state index in [1.807, 2.05) is 0 Å². The van der Waals surface area contributed by atoms with Crippen LogP contribution in [0.2, 0.25) is 0 Å². The molecule has 0 fully saturated rings. The van der Waals surface area contributed by atoms with Gasteiger partial charge in [0.2, 0.25) is 0 Å². The molecule has 26 heavy (non-hydrogen) atoms. The average Bonchev–Trinajstić information content (AvgIpc) is 3.08. The van der Waals surface area contributed by atoms with E-state index in [4.69, 9.17) is 27.8 Å². The minimum Gasteiger partial charge on any atom is -0.493 e. The molecule has 2 aromatic carbocycles. The summed E-state index contributed by atoms with van der Waals surface area (Å²) >= 11 is 0. The highest BCUT2D eigenvalue weighted by atomic mass is 16.6. The summed E-state index contributed by atoms with van der Waals surface area (Å²) < 4.78 is 31.6. The lowest BCUT2D eigenvalue weighted by Crippen LogP contribution is -1.92. The lowest BCUT2D eigenvalue weighted by Gasteiger charge is -2.10. The number of ether oxygens (including phenoxy) is 4. The van der Waals surface area contributed by atoms with E-state index >= 15 is 0 Å². The molecule has 1 heterocycles. The van der Waals surface area contributed by atoms with E-state index < -0.39 is 5.82 Å². The van der Waals surface area contributed by atoms with E-state index in [-0.39, 0.29) is 11.5 Å². The maximum absolute atomic E-state index is 11.8. The molecule has 0 atom stereocenters. The summed E-state index contributed by atoms with van der Waals surface area (Å²) in [5.74, 6) is 1.90. The molecule has 3 rings (SSSR count). The fourth-order valence-electron chi connectivity index (χ4n) is 2.62. The molecule has 136 valence electrons. The molecule has 7 heteroatoms. The van der Waals surface area contributed by atoms with E-state index in [1.165, 1.54) is 14.2 Å². The highest BCUT2D eigenvalue weighted by molar-refractivity contribution is 5.77. The monoisotopic (exact) mass is 358 g/mol. The number of hydrogen-bond donors (Lipinski definition) is 0. The smallest absolute Gasteiger partial charge is 0.493 e. The van der Waals surface area contributed by atoms with Crippen molar-refractivity contribution in [2.24, 2.45) is 0 Å². The second-order valence-electron chi connectivity index (χ2n) is 5.25. The first-order valence-corrected chi connectivity index (χ1v) is 7.70. The van der Waals surface area contributed by atoms with Crippen molar-refractivity contribution < 1.29 is 27.8 Å². The lowest BCUT2D eigenvalue weighted by molar-refractivity contribution is 0.355. The van der Waals surface area contributed by atoms with Gasteiger partial charge in [-0.2, -0.15) is 0 Å². The van der Waals surface area contributed by atoms with E-state index in [0.717, 1.165) is 0 Å². The SMILES string of the molecule is COc1ccc(-c2oc(=O)oc2-c2ccc(OC)c(OC)c2)cc1OC. The Balaban J connectivity index is 2.14. The first-order chi connectivity index (χ1) is 12.6. The number of benzene rings is 2. The fraction of sp³-hybridized carbons (Fsp3) is 0.211. The van der Waals surface area contributed by atoms with Crippen molar-refractivity contribution in [2.75, 3.05) is 28.4 Å². The molecule has 0 aliphatic carbocycles. The number of hydrogen-bond acceptors (Lipinski definition) is 7. The van der Waals surface area contributed by atoms with Crippen molar-refractivity contribution in [1.29, 1.82) is 0 Å². The van der Waals surface area contributed by atoms with Crippen LogP contribution in [-0.2, 0) is 0 Å². The molecule has 3 aromatic rings. The molecule has 0 saturated heterocycles. The van der Waals surface area contributed by atoms with Crippen molar-refractivity contribution in [3.05, 3.63) is 47.0 Å². The average molecular weight is 358 g/mol. The summed E-state index contributed by atoms with van der Waals surface area (Å²) in [7, 11) is 6.15. The van der Waals surface area contributed by atoms with Crippen LogP contribution in [0.1, 0.15) is 0 Å². The van der Waals surface area contributed by atoms with Crippen LogP contribution in [-0.4, -0.2) is 28.4 Å². The number of methoxy groups -OCH3 is 4.